The molecule has 5 heteroatoms. The molecule has 0 N–H and O–H groups in total. The van der Waals surface area contributed by atoms with E-state index in [2.05, 4.69) is 20.9 Å². The summed E-state index contributed by atoms with van der Waals surface area (Å²) in [7, 11) is 0. The quantitative estimate of drug-likeness (QED) is 0.453. The molecule has 2 aromatic heterocycles. The average molecular weight is 398 g/mol. The number of aryl methyl sites for hydroxylation is 1. The molecule has 4 rings (SSSR count). The molecule has 3 nitrogen and oxygen atoms in total. The Balaban J connectivity index is 1.74. The van der Waals surface area contributed by atoms with Crippen LogP contribution in [-0.4, -0.2) is 4.98 Å². The van der Waals surface area contributed by atoms with Crippen molar-refractivity contribution in [2.75, 3.05) is 0 Å². The van der Waals surface area contributed by atoms with Gasteiger partial charge < -0.3 is 4.42 Å². The predicted octanol–water partition coefficient (Wildman–Crippen LogP) is 5.04. The maximum absolute atomic E-state index is 13.9. The van der Waals surface area contributed by atoms with Gasteiger partial charge >= 0.3 is 0 Å². The van der Waals surface area contributed by atoms with E-state index in [1.54, 1.807) is 12.1 Å². The highest BCUT2D eigenvalue weighted by Gasteiger charge is 2.15. The third kappa shape index (κ3) is 3.33. The molecule has 0 bridgehead atoms. The average Bonchev–Trinajstić information content (AvgIpc) is 3.00. The van der Waals surface area contributed by atoms with Crippen LogP contribution in [0.1, 0.15) is 11.1 Å². The van der Waals surface area contributed by atoms with E-state index in [0.717, 1.165) is 26.7 Å². The van der Waals surface area contributed by atoms with Gasteiger partial charge in [0.25, 0.3) is 0 Å². The minimum atomic E-state index is -0.214. The summed E-state index contributed by atoms with van der Waals surface area (Å²) in [6, 6.07) is 14.6. The molecule has 0 spiro atoms. The molecule has 2 heterocycles. The van der Waals surface area contributed by atoms with E-state index >= 15 is 0 Å². The number of oxazole rings is 1. The van der Waals surface area contributed by atoms with Gasteiger partial charge in [-0.25, -0.2) is 9.37 Å². The van der Waals surface area contributed by atoms with Gasteiger partial charge in [0, 0.05) is 0 Å². The van der Waals surface area contributed by atoms with Crippen molar-refractivity contribution in [3.8, 4) is 11.5 Å². The third-order valence-corrected chi connectivity index (χ3v) is 4.42. The minimum Gasteiger partial charge on any atom is -0.436 e. The van der Waals surface area contributed by atoms with Crippen LogP contribution in [0.4, 0.5) is 4.39 Å². The Hall–Kier alpha value is -2.53. The van der Waals surface area contributed by atoms with Crippen molar-refractivity contribution < 1.29 is 13.4 Å². The minimum absolute atomic E-state index is 0.214. The van der Waals surface area contributed by atoms with Gasteiger partial charge in [-0.3, -0.25) is 0 Å². The lowest BCUT2D eigenvalue weighted by Gasteiger charge is -2.02. The zero-order valence-electron chi connectivity index (χ0n) is 13.5. The molecule has 124 valence electrons. The maximum atomic E-state index is 13.9. The Kier molecular flexibility index (Phi) is 4.09. The lowest BCUT2D eigenvalue weighted by atomic mass is 10.2. The van der Waals surface area contributed by atoms with Crippen LogP contribution in [-0.2, 0) is 6.54 Å². The van der Waals surface area contributed by atoms with Gasteiger partial charge in [-0.1, -0.05) is 18.2 Å². The zero-order valence-corrected chi connectivity index (χ0v) is 15.1. The van der Waals surface area contributed by atoms with E-state index in [0.29, 0.717) is 18.0 Å². The van der Waals surface area contributed by atoms with Gasteiger partial charge in [-0.05, 0) is 58.7 Å². The fraction of sp³-hybridized carbons (Fsp3) is 0.100. The fourth-order valence-corrected chi connectivity index (χ4v) is 3.30. The Labute approximate surface area is 152 Å². The molecule has 4 aromatic rings. The summed E-state index contributed by atoms with van der Waals surface area (Å²) in [5.74, 6) is 0.332. The van der Waals surface area contributed by atoms with Crippen molar-refractivity contribution in [3.63, 3.8) is 0 Å². The van der Waals surface area contributed by atoms with Crippen LogP contribution in [0.15, 0.2) is 69.8 Å². The molecular weight excluding hydrogens is 383 g/mol. The molecule has 0 fully saturated rings. The van der Waals surface area contributed by atoms with Crippen molar-refractivity contribution in [3.05, 3.63) is 82.3 Å². The van der Waals surface area contributed by atoms with Gasteiger partial charge in [0.05, 0.1) is 10.0 Å². The molecule has 0 atom stereocenters. The van der Waals surface area contributed by atoms with Gasteiger partial charge in [0.1, 0.15) is 16.9 Å². The molecule has 0 saturated carbocycles. The maximum Gasteiger partial charge on any atom is 0.233 e. The highest BCUT2D eigenvalue weighted by Crippen LogP contribution is 2.25. The Morgan fingerprint density at radius 2 is 1.96 bits per heavy atom. The van der Waals surface area contributed by atoms with E-state index in [9.17, 15) is 4.39 Å². The summed E-state index contributed by atoms with van der Waals surface area (Å²) >= 11 is 3.51. The van der Waals surface area contributed by atoms with Crippen LogP contribution in [0.5, 0.6) is 0 Å². The standard InChI is InChI=1S/C20H15BrFN2O/c1-13-6-7-19-18(8-13)23-20(25-19)15-9-16(21)12-24(11-15)10-14-4-2-3-5-17(14)22/h2-9,11-12H,10H2,1H3/q+1. The van der Waals surface area contributed by atoms with Gasteiger partial charge in [0.2, 0.25) is 5.89 Å². The first kappa shape index (κ1) is 16.0. The molecular formula is C20H15BrFN2O+. The number of rotatable bonds is 3. The first-order chi connectivity index (χ1) is 12.1. The van der Waals surface area contributed by atoms with Crippen molar-refractivity contribution in [2.45, 2.75) is 13.5 Å². The van der Waals surface area contributed by atoms with Gasteiger partial charge in [0.15, 0.2) is 24.5 Å². The topological polar surface area (TPSA) is 29.9 Å². The normalized spacial score (nSPS) is 11.2. The first-order valence-electron chi connectivity index (χ1n) is 7.89. The monoisotopic (exact) mass is 397 g/mol. The van der Waals surface area contributed by atoms with Crippen LogP contribution in [0, 0.1) is 12.7 Å². The molecule has 0 amide bonds. The van der Waals surface area contributed by atoms with Gasteiger partial charge in [-0.2, -0.15) is 4.57 Å². The lowest BCUT2D eigenvalue weighted by molar-refractivity contribution is -0.688. The summed E-state index contributed by atoms with van der Waals surface area (Å²) in [5.41, 5.74) is 4.18. The summed E-state index contributed by atoms with van der Waals surface area (Å²) in [6.45, 7) is 2.45. The largest absolute Gasteiger partial charge is 0.436 e. The number of hydrogen-bond donors (Lipinski definition) is 0. The molecule has 0 unspecified atom stereocenters. The number of hydrogen-bond acceptors (Lipinski definition) is 2. The van der Waals surface area contributed by atoms with Crippen LogP contribution in [0.25, 0.3) is 22.6 Å². The van der Waals surface area contributed by atoms with Crippen molar-refractivity contribution in [1.82, 2.24) is 4.98 Å². The molecule has 0 aliphatic carbocycles. The van der Waals surface area contributed by atoms with E-state index in [1.807, 2.05) is 54.2 Å². The number of fused-ring (bicyclic) bond motifs is 1. The molecule has 2 aromatic carbocycles. The second-order valence-electron chi connectivity index (χ2n) is 6.00. The summed E-state index contributed by atoms with van der Waals surface area (Å²) in [5, 5.41) is 0. The predicted molar refractivity (Wildman–Crippen MR) is 97.6 cm³/mol. The van der Waals surface area contributed by atoms with Crippen molar-refractivity contribution in [2.24, 2.45) is 0 Å². The smallest absolute Gasteiger partial charge is 0.233 e. The lowest BCUT2D eigenvalue weighted by Crippen LogP contribution is -2.34. The van der Waals surface area contributed by atoms with Crippen LogP contribution >= 0.6 is 15.9 Å². The molecule has 25 heavy (non-hydrogen) atoms. The number of halogens is 2. The molecule has 0 radical (unpaired) electrons. The second-order valence-corrected chi connectivity index (χ2v) is 6.91. The molecule has 0 saturated heterocycles. The summed E-state index contributed by atoms with van der Waals surface area (Å²) in [6.07, 6.45) is 3.82. The zero-order chi connectivity index (χ0) is 17.4. The number of pyridine rings is 1. The highest BCUT2D eigenvalue weighted by molar-refractivity contribution is 9.10. The third-order valence-electron chi connectivity index (χ3n) is 3.99. The van der Waals surface area contributed by atoms with E-state index < -0.39 is 0 Å². The van der Waals surface area contributed by atoms with Crippen LogP contribution < -0.4 is 4.57 Å². The fourth-order valence-electron chi connectivity index (χ4n) is 2.79. The Bertz CT molecular complexity index is 1070. The highest BCUT2D eigenvalue weighted by atomic mass is 79.9. The summed E-state index contributed by atoms with van der Waals surface area (Å²) < 4.78 is 22.6. The number of aromatic nitrogens is 2. The van der Waals surface area contributed by atoms with Crippen molar-refractivity contribution >= 4 is 27.0 Å². The van der Waals surface area contributed by atoms with Gasteiger partial charge in [-0.15, -0.1) is 0 Å². The summed E-state index contributed by atoms with van der Waals surface area (Å²) in [4.78, 5) is 4.58. The van der Waals surface area contributed by atoms with Crippen LogP contribution in [0.3, 0.4) is 0 Å². The van der Waals surface area contributed by atoms with E-state index in [-0.39, 0.29) is 5.82 Å². The molecule has 0 aliphatic rings. The SMILES string of the molecule is Cc1ccc2oc(-c3cc(Br)c[n+](Cc4ccccc4F)c3)nc2c1. The second kappa shape index (κ2) is 6.41. The molecule has 0 aliphatic heterocycles. The van der Waals surface area contributed by atoms with Crippen molar-refractivity contribution in [1.29, 1.82) is 0 Å². The number of nitrogens with zero attached hydrogens (tertiary/aromatic N) is 2. The first-order valence-corrected chi connectivity index (χ1v) is 8.68. The Morgan fingerprint density at radius 1 is 1.12 bits per heavy atom. The van der Waals surface area contributed by atoms with E-state index in [4.69, 9.17) is 4.42 Å². The Morgan fingerprint density at radius 3 is 2.80 bits per heavy atom. The van der Waals surface area contributed by atoms with E-state index in [1.165, 1.54) is 6.07 Å². The number of benzene rings is 2. The van der Waals surface area contributed by atoms with Crippen LogP contribution in [0.2, 0.25) is 0 Å².